The van der Waals surface area contributed by atoms with E-state index in [1.165, 1.54) is 37.1 Å². The van der Waals surface area contributed by atoms with Gasteiger partial charge in [-0.15, -0.1) is 0 Å². The lowest BCUT2D eigenvalue weighted by Gasteiger charge is -2.32. The van der Waals surface area contributed by atoms with Gasteiger partial charge in [0.05, 0.1) is 18.4 Å². The summed E-state index contributed by atoms with van der Waals surface area (Å²) < 4.78 is 8.17. The third kappa shape index (κ3) is 6.23. The third-order valence-corrected chi connectivity index (χ3v) is 7.70. The van der Waals surface area contributed by atoms with Crippen LogP contribution in [0.1, 0.15) is 24.3 Å². The van der Waals surface area contributed by atoms with Crippen molar-refractivity contribution in [1.82, 2.24) is 29.6 Å². The topological polar surface area (TPSA) is 48.8 Å². The van der Waals surface area contributed by atoms with Crippen molar-refractivity contribution in [3.05, 3.63) is 59.5 Å². The van der Waals surface area contributed by atoms with Crippen LogP contribution in [0, 0.1) is 0 Å². The number of aromatic nitrogens is 2. The van der Waals surface area contributed by atoms with E-state index in [1.807, 2.05) is 24.5 Å². The van der Waals surface area contributed by atoms with E-state index in [-0.39, 0.29) is 0 Å². The molecule has 1 aromatic carbocycles. The number of nitrogens with one attached hydrogen (secondary N) is 1. The Morgan fingerprint density at radius 3 is 2.54 bits per heavy atom. The fourth-order valence-corrected chi connectivity index (χ4v) is 5.37. The van der Waals surface area contributed by atoms with Crippen molar-refractivity contribution < 1.29 is 4.74 Å². The summed E-state index contributed by atoms with van der Waals surface area (Å²) in [5.41, 5.74) is 3.69. The lowest BCUT2D eigenvalue weighted by Crippen LogP contribution is -2.46. The van der Waals surface area contributed by atoms with Gasteiger partial charge in [0, 0.05) is 80.8 Å². The number of halogens is 1. The molecule has 2 aliphatic heterocycles. The van der Waals surface area contributed by atoms with Crippen LogP contribution in [0.25, 0.3) is 16.6 Å². The Bertz CT molecular complexity index is 1070. The quantitative estimate of drug-likeness (QED) is 0.360. The van der Waals surface area contributed by atoms with E-state index in [2.05, 4.69) is 61.0 Å². The third-order valence-electron chi connectivity index (χ3n) is 7.45. The number of fused-ring (bicyclic) bond motifs is 1. The number of likely N-dealkylation sites (N-methyl/N-ethyl adjacent to an activating group) is 1. The summed E-state index contributed by atoms with van der Waals surface area (Å²) in [6.07, 6.45) is 8.45. The average Bonchev–Trinajstić information content (AvgIpc) is 3.28. The molecule has 0 atom stereocenters. The normalized spacial score (nSPS) is 19.0. The number of pyridine rings is 1. The standard InChI is InChI=1S/C27H37ClN6O/c1-31-14-16-32(17-15-31)13-10-30-20-35-21-33-11-7-22(8-12-33)26-19-34(24-4-2-23(28)3-5-24)27-18-29-9-6-25(26)27/h2-6,9,18-19,22,30H,7-8,10-17,20-21H2,1H3. The molecule has 2 fully saturated rings. The molecule has 3 aromatic rings. The van der Waals surface area contributed by atoms with E-state index in [0.717, 1.165) is 55.2 Å². The second-order valence-electron chi connectivity index (χ2n) is 9.84. The van der Waals surface area contributed by atoms with Crippen LogP contribution < -0.4 is 5.32 Å². The molecule has 0 bridgehead atoms. The molecule has 0 saturated carbocycles. The molecule has 0 amide bonds. The van der Waals surface area contributed by atoms with Crippen molar-refractivity contribution in [3.8, 4) is 5.69 Å². The molecule has 0 radical (unpaired) electrons. The van der Waals surface area contributed by atoms with E-state index in [0.29, 0.717) is 19.4 Å². The number of piperazine rings is 1. The Morgan fingerprint density at radius 2 is 1.77 bits per heavy atom. The summed E-state index contributed by atoms with van der Waals surface area (Å²) in [4.78, 5) is 11.7. The van der Waals surface area contributed by atoms with Gasteiger partial charge < -0.3 is 14.2 Å². The number of hydrogen-bond donors (Lipinski definition) is 1. The van der Waals surface area contributed by atoms with Gasteiger partial charge in [-0.1, -0.05) is 11.6 Å². The summed E-state index contributed by atoms with van der Waals surface area (Å²) in [7, 11) is 2.20. The number of benzene rings is 1. The first kappa shape index (κ1) is 24.7. The smallest absolute Gasteiger partial charge is 0.101 e. The van der Waals surface area contributed by atoms with Crippen LogP contribution in [0.4, 0.5) is 0 Å². The van der Waals surface area contributed by atoms with Gasteiger partial charge in [0.25, 0.3) is 0 Å². The minimum absolute atomic E-state index is 0.548. The number of piperidine rings is 1. The summed E-state index contributed by atoms with van der Waals surface area (Å²) in [5.74, 6) is 0.548. The molecule has 2 saturated heterocycles. The summed E-state index contributed by atoms with van der Waals surface area (Å²) in [6.45, 7) is 10.2. The molecule has 2 aliphatic rings. The Hall–Kier alpha value is -2.00. The van der Waals surface area contributed by atoms with Crippen LogP contribution in [-0.2, 0) is 4.74 Å². The molecule has 1 N–H and O–H groups in total. The van der Waals surface area contributed by atoms with Gasteiger partial charge >= 0.3 is 0 Å². The van der Waals surface area contributed by atoms with Crippen LogP contribution >= 0.6 is 11.6 Å². The minimum Gasteiger partial charge on any atom is -0.351 e. The van der Waals surface area contributed by atoms with Crippen molar-refractivity contribution in [2.45, 2.75) is 18.8 Å². The maximum Gasteiger partial charge on any atom is 0.101 e. The molecule has 0 aliphatic carbocycles. The van der Waals surface area contributed by atoms with Crippen LogP contribution in [0.5, 0.6) is 0 Å². The maximum atomic E-state index is 6.11. The van der Waals surface area contributed by atoms with Crippen LogP contribution in [0.3, 0.4) is 0 Å². The van der Waals surface area contributed by atoms with Gasteiger partial charge in [-0.3, -0.25) is 20.1 Å². The summed E-state index contributed by atoms with van der Waals surface area (Å²) >= 11 is 6.11. The van der Waals surface area contributed by atoms with Crippen LogP contribution in [0.15, 0.2) is 48.9 Å². The molecule has 7 nitrogen and oxygen atoms in total. The molecule has 0 spiro atoms. The summed E-state index contributed by atoms with van der Waals surface area (Å²) in [5, 5.41) is 5.49. The molecule has 35 heavy (non-hydrogen) atoms. The molecule has 4 heterocycles. The minimum atomic E-state index is 0.548. The largest absolute Gasteiger partial charge is 0.351 e. The molecule has 5 rings (SSSR count). The van der Waals surface area contributed by atoms with Gasteiger partial charge in [-0.25, -0.2) is 0 Å². The Balaban J connectivity index is 1.09. The van der Waals surface area contributed by atoms with Crippen molar-refractivity contribution in [2.75, 3.05) is 72.9 Å². The molecule has 0 unspecified atom stereocenters. The van der Waals surface area contributed by atoms with Crippen LogP contribution in [0.2, 0.25) is 5.02 Å². The zero-order chi connectivity index (χ0) is 24.0. The number of nitrogens with zero attached hydrogens (tertiary/aromatic N) is 5. The van der Waals surface area contributed by atoms with E-state index in [1.54, 1.807) is 0 Å². The maximum absolute atomic E-state index is 6.11. The first-order chi connectivity index (χ1) is 17.2. The zero-order valence-electron chi connectivity index (χ0n) is 20.7. The van der Waals surface area contributed by atoms with Gasteiger partial charge in [0.15, 0.2) is 0 Å². The zero-order valence-corrected chi connectivity index (χ0v) is 21.5. The van der Waals surface area contributed by atoms with Crippen molar-refractivity contribution in [2.24, 2.45) is 0 Å². The molecule has 2 aromatic heterocycles. The van der Waals surface area contributed by atoms with Gasteiger partial charge in [0.1, 0.15) is 6.73 Å². The lowest BCUT2D eigenvalue weighted by molar-refractivity contribution is 0.00706. The predicted octanol–water partition coefficient (Wildman–Crippen LogP) is 3.63. The second kappa shape index (κ2) is 11.8. The number of rotatable bonds is 9. The second-order valence-corrected chi connectivity index (χ2v) is 10.3. The molecular formula is C27H37ClN6O. The van der Waals surface area contributed by atoms with Gasteiger partial charge in [-0.05, 0) is 61.7 Å². The fourth-order valence-electron chi connectivity index (χ4n) is 5.24. The summed E-state index contributed by atoms with van der Waals surface area (Å²) in [6, 6.07) is 10.2. The highest BCUT2D eigenvalue weighted by molar-refractivity contribution is 6.30. The van der Waals surface area contributed by atoms with Crippen molar-refractivity contribution in [1.29, 1.82) is 0 Å². The lowest BCUT2D eigenvalue weighted by atomic mass is 9.89. The fraction of sp³-hybridized carbons (Fsp3) is 0.519. The predicted molar refractivity (Wildman–Crippen MR) is 142 cm³/mol. The highest BCUT2D eigenvalue weighted by Gasteiger charge is 2.24. The average molecular weight is 497 g/mol. The highest BCUT2D eigenvalue weighted by Crippen LogP contribution is 2.35. The molecule has 188 valence electrons. The first-order valence-electron chi connectivity index (χ1n) is 12.8. The Morgan fingerprint density at radius 1 is 1.00 bits per heavy atom. The highest BCUT2D eigenvalue weighted by atomic mass is 35.5. The van der Waals surface area contributed by atoms with Crippen molar-refractivity contribution in [3.63, 3.8) is 0 Å². The number of hydrogen-bond acceptors (Lipinski definition) is 6. The van der Waals surface area contributed by atoms with Gasteiger partial charge in [-0.2, -0.15) is 0 Å². The first-order valence-corrected chi connectivity index (χ1v) is 13.2. The van der Waals surface area contributed by atoms with Crippen molar-refractivity contribution >= 4 is 22.5 Å². The van der Waals surface area contributed by atoms with E-state index in [9.17, 15) is 0 Å². The van der Waals surface area contributed by atoms with Gasteiger partial charge in [0.2, 0.25) is 0 Å². The van der Waals surface area contributed by atoms with Crippen LogP contribution in [-0.4, -0.2) is 97.1 Å². The monoisotopic (exact) mass is 496 g/mol. The number of likely N-dealkylation sites (tertiary alicyclic amines) is 1. The Labute approximate surface area is 213 Å². The SMILES string of the molecule is CN1CCN(CCNCOCN2CCC(c3cn(-c4ccc(Cl)cc4)c4cnccc34)CC2)CC1. The van der Waals surface area contributed by atoms with E-state index < -0.39 is 0 Å². The Kier molecular flexibility index (Phi) is 8.34. The number of ether oxygens (including phenoxy) is 1. The van der Waals surface area contributed by atoms with E-state index >= 15 is 0 Å². The molecule has 8 heteroatoms. The van der Waals surface area contributed by atoms with E-state index in [4.69, 9.17) is 16.3 Å². The molecular weight excluding hydrogens is 460 g/mol.